The summed E-state index contributed by atoms with van der Waals surface area (Å²) in [7, 11) is 0. The zero-order chi connectivity index (χ0) is 22.8. The van der Waals surface area contributed by atoms with E-state index in [0.717, 1.165) is 97.6 Å². The van der Waals surface area contributed by atoms with Gasteiger partial charge in [0, 0.05) is 21.9 Å². The van der Waals surface area contributed by atoms with Gasteiger partial charge in [-0.05, 0) is 25.7 Å². The number of fused-ring (bicyclic) bond motifs is 2. The molecule has 4 heteroatoms. The van der Waals surface area contributed by atoms with Crippen LogP contribution < -0.4 is 9.47 Å². The van der Waals surface area contributed by atoms with Crippen LogP contribution in [0.25, 0.3) is 10.8 Å². The van der Waals surface area contributed by atoms with Gasteiger partial charge >= 0.3 is 0 Å². The van der Waals surface area contributed by atoms with Crippen molar-refractivity contribution in [1.82, 2.24) is 0 Å². The lowest BCUT2D eigenvalue weighted by Gasteiger charge is -2.25. The maximum absolute atomic E-state index is 10.4. The van der Waals surface area contributed by atoms with Crippen molar-refractivity contribution in [2.24, 2.45) is 0 Å². The van der Waals surface area contributed by atoms with E-state index in [0.29, 0.717) is 13.2 Å². The van der Waals surface area contributed by atoms with Crippen molar-refractivity contribution in [2.45, 2.75) is 90.3 Å². The largest absolute Gasteiger partial charge is 0.490 e. The second-order valence-corrected chi connectivity index (χ2v) is 8.96. The number of aliphatic hydroxyl groups is 2. The summed E-state index contributed by atoms with van der Waals surface area (Å²) in [6, 6.07) is 8.16. The maximum Gasteiger partial charge on any atom is 0.131 e. The lowest BCUT2D eigenvalue weighted by molar-refractivity contribution is 0.0961. The van der Waals surface area contributed by atoms with Gasteiger partial charge in [0.2, 0.25) is 0 Å². The Kier molecular flexibility index (Phi) is 9.89. The van der Waals surface area contributed by atoms with Gasteiger partial charge in [0.15, 0.2) is 0 Å². The zero-order valence-corrected chi connectivity index (χ0v) is 19.8. The Balaban J connectivity index is 1.83. The van der Waals surface area contributed by atoms with Gasteiger partial charge in [-0.25, -0.2) is 0 Å². The molecule has 3 rings (SSSR count). The van der Waals surface area contributed by atoms with Gasteiger partial charge in [0.25, 0.3) is 0 Å². The molecule has 2 unspecified atom stereocenters. The van der Waals surface area contributed by atoms with Crippen LogP contribution in [0.1, 0.15) is 76.3 Å². The number of benzene rings is 2. The third kappa shape index (κ3) is 6.49. The Labute approximate surface area is 193 Å². The van der Waals surface area contributed by atoms with E-state index in [1.807, 2.05) is 12.1 Å². The van der Waals surface area contributed by atoms with Crippen molar-refractivity contribution in [3.63, 3.8) is 0 Å². The first-order chi connectivity index (χ1) is 15.7. The van der Waals surface area contributed by atoms with Crippen LogP contribution in [0.15, 0.2) is 36.4 Å². The molecular weight excluding hydrogens is 400 g/mol. The number of aliphatic hydroxyl groups excluding tert-OH is 2. The second-order valence-electron chi connectivity index (χ2n) is 8.96. The fourth-order valence-electron chi connectivity index (χ4n) is 4.43. The van der Waals surface area contributed by atoms with Gasteiger partial charge < -0.3 is 19.7 Å². The predicted molar refractivity (Wildman–Crippen MR) is 132 cm³/mol. The average molecular weight is 441 g/mol. The zero-order valence-electron chi connectivity index (χ0n) is 19.8. The van der Waals surface area contributed by atoms with Crippen LogP contribution in [0.5, 0.6) is 11.5 Å². The van der Waals surface area contributed by atoms with Gasteiger partial charge in [-0.3, -0.25) is 0 Å². The van der Waals surface area contributed by atoms with Gasteiger partial charge in [-0.1, -0.05) is 88.8 Å². The SMILES string of the molecule is CCCCCC(O)COc1c2c(c(OCC(O)CCCCC)c3ccccc13)CC=CC2. The van der Waals surface area contributed by atoms with Gasteiger partial charge in [-0.15, -0.1) is 0 Å². The minimum Gasteiger partial charge on any atom is -0.490 e. The van der Waals surface area contributed by atoms with Crippen molar-refractivity contribution < 1.29 is 19.7 Å². The summed E-state index contributed by atoms with van der Waals surface area (Å²) >= 11 is 0. The summed E-state index contributed by atoms with van der Waals surface area (Å²) in [5.74, 6) is 1.73. The fraction of sp³-hybridized carbons (Fsp3) is 0.571. The summed E-state index contributed by atoms with van der Waals surface area (Å²) in [6.07, 6.45) is 13.2. The van der Waals surface area contributed by atoms with Crippen LogP contribution in [0.2, 0.25) is 0 Å². The molecule has 0 aromatic heterocycles. The Morgan fingerprint density at radius 2 is 1.16 bits per heavy atom. The molecule has 2 aromatic rings. The highest BCUT2D eigenvalue weighted by atomic mass is 16.5. The first-order valence-electron chi connectivity index (χ1n) is 12.5. The molecule has 0 amide bonds. The normalized spacial score (nSPS) is 14.9. The minimum atomic E-state index is -0.454. The molecule has 1 aliphatic carbocycles. The van der Waals surface area contributed by atoms with E-state index in [2.05, 4.69) is 38.1 Å². The molecule has 0 bridgehead atoms. The van der Waals surface area contributed by atoms with Crippen molar-refractivity contribution in [3.8, 4) is 11.5 Å². The van der Waals surface area contributed by atoms with Crippen LogP contribution in [0.4, 0.5) is 0 Å². The third-order valence-electron chi connectivity index (χ3n) is 6.26. The summed E-state index contributed by atoms with van der Waals surface area (Å²) in [6.45, 7) is 4.95. The van der Waals surface area contributed by atoms with E-state index >= 15 is 0 Å². The molecule has 0 heterocycles. The van der Waals surface area contributed by atoms with E-state index in [1.165, 1.54) is 0 Å². The predicted octanol–water partition coefficient (Wildman–Crippen LogP) is 6.13. The Hall–Kier alpha value is -2.04. The summed E-state index contributed by atoms with van der Waals surface area (Å²) in [4.78, 5) is 0. The van der Waals surface area contributed by atoms with Crippen LogP contribution >= 0.6 is 0 Å². The van der Waals surface area contributed by atoms with Crippen LogP contribution in [0.3, 0.4) is 0 Å². The molecule has 0 saturated carbocycles. The Morgan fingerprint density at radius 3 is 1.56 bits per heavy atom. The van der Waals surface area contributed by atoms with Crippen molar-refractivity contribution >= 4 is 10.8 Å². The van der Waals surface area contributed by atoms with E-state index in [-0.39, 0.29) is 0 Å². The van der Waals surface area contributed by atoms with Crippen LogP contribution in [-0.4, -0.2) is 35.6 Å². The highest BCUT2D eigenvalue weighted by molar-refractivity contribution is 5.96. The number of hydrogen-bond acceptors (Lipinski definition) is 4. The molecule has 32 heavy (non-hydrogen) atoms. The molecule has 0 radical (unpaired) electrons. The molecule has 0 spiro atoms. The molecule has 2 N–H and O–H groups in total. The van der Waals surface area contributed by atoms with Crippen LogP contribution in [0, 0.1) is 0 Å². The maximum atomic E-state index is 10.4. The number of allylic oxidation sites excluding steroid dienone is 2. The standard InChI is InChI=1S/C28H40O4/c1-3-5-7-13-21(29)19-31-27-23-15-9-11-17-25(23)28(26-18-12-10-16-24(26)27)32-20-22(30)14-8-6-4-2/h9-12,15,17,21-22,29-30H,3-8,13-14,16,18-20H2,1-2H3. The fourth-order valence-corrected chi connectivity index (χ4v) is 4.43. The van der Waals surface area contributed by atoms with E-state index < -0.39 is 12.2 Å². The first-order valence-corrected chi connectivity index (χ1v) is 12.5. The number of hydrogen-bond donors (Lipinski definition) is 2. The second kappa shape index (κ2) is 12.9. The lowest BCUT2D eigenvalue weighted by atomic mass is 9.90. The number of ether oxygens (including phenoxy) is 2. The third-order valence-corrected chi connectivity index (χ3v) is 6.26. The smallest absolute Gasteiger partial charge is 0.131 e. The number of rotatable bonds is 14. The topological polar surface area (TPSA) is 58.9 Å². The molecule has 2 atom stereocenters. The van der Waals surface area contributed by atoms with Crippen LogP contribution in [-0.2, 0) is 12.8 Å². The molecule has 1 aliphatic rings. The minimum absolute atomic E-state index is 0.306. The summed E-state index contributed by atoms with van der Waals surface area (Å²) in [5.41, 5.74) is 2.28. The summed E-state index contributed by atoms with van der Waals surface area (Å²) < 4.78 is 12.5. The molecule has 4 nitrogen and oxygen atoms in total. The van der Waals surface area contributed by atoms with Crippen molar-refractivity contribution in [3.05, 3.63) is 47.5 Å². The highest BCUT2D eigenvalue weighted by Gasteiger charge is 2.23. The van der Waals surface area contributed by atoms with Gasteiger partial charge in [-0.2, -0.15) is 0 Å². The Morgan fingerprint density at radius 1 is 0.719 bits per heavy atom. The lowest BCUT2D eigenvalue weighted by Crippen LogP contribution is -2.20. The molecule has 0 aliphatic heterocycles. The van der Waals surface area contributed by atoms with Gasteiger partial charge in [0.05, 0.1) is 12.2 Å². The quantitative estimate of drug-likeness (QED) is 0.274. The van der Waals surface area contributed by atoms with E-state index in [4.69, 9.17) is 9.47 Å². The van der Waals surface area contributed by atoms with Gasteiger partial charge in [0.1, 0.15) is 24.7 Å². The molecule has 176 valence electrons. The Bertz CT molecular complexity index is 803. The highest BCUT2D eigenvalue weighted by Crippen LogP contribution is 2.43. The summed E-state index contributed by atoms with van der Waals surface area (Å²) in [5, 5.41) is 22.8. The molecular formula is C28H40O4. The van der Waals surface area contributed by atoms with Crippen molar-refractivity contribution in [1.29, 1.82) is 0 Å². The molecule has 0 fully saturated rings. The molecule has 0 saturated heterocycles. The molecule has 2 aromatic carbocycles. The monoisotopic (exact) mass is 440 g/mol. The van der Waals surface area contributed by atoms with Crippen molar-refractivity contribution in [2.75, 3.05) is 13.2 Å². The number of unbranched alkanes of at least 4 members (excludes halogenated alkanes) is 4. The van der Waals surface area contributed by atoms with E-state index in [1.54, 1.807) is 0 Å². The first kappa shape index (κ1) is 24.6. The average Bonchev–Trinajstić information content (AvgIpc) is 2.81. The van der Waals surface area contributed by atoms with E-state index in [9.17, 15) is 10.2 Å².